The standard InChI is InChI=1S/C20H33N3O2.HI/c1-4-21-20(23(3)13-9-18-10-14-24-15-11-18)22-12-16-25-19-8-6-5-7-17(19)2;/h5-8,18H,4,9-16H2,1-3H3,(H,21,22);1H. The summed E-state index contributed by atoms with van der Waals surface area (Å²) in [6.07, 6.45) is 3.57. The maximum absolute atomic E-state index is 5.83. The molecule has 0 radical (unpaired) electrons. The molecule has 1 saturated heterocycles. The number of hydrogen-bond acceptors (Lipinski definition) is 3. The summed E-state index contributed by atoms with van der Waals surface area (Å²) in [4.78, 5) is 6.93. The summed E-state index contributed by atoms with van der Waals surface area (Å²) in [7, 11) is 2.11. The summed E-state index contributed by atoms with van der Waals surface area (Å²) in [6.45, 7) is 9.13. The summed E-state index contributed by atoms with van der Waals surface area (Å²) in [6, 6.07) is 8.09. The van der Waals surface area contributed by atoms with Gasteiger partial charge >= 0.3 is 0 Å². The number of rotatable bonds is 8. The van der Waals surface area contributed by atoms with Gasteiger partial charge < -0.3 is 19.7 Å². The van der Waals surface area contributed by atoms with Crippen LogP contribution in [0.3, 0.4) is 0 Å². The topological polar surface area (TPSA) is 46.1 Å². The molecule has 2 rings (SSSR count). The van der Waals surface area contributed by atoms with Crippen molar-refractivity contribution in [3.63, 3.8) is 0 Å². The summed E-state index contributed by atoms with van der Waals surface area (Å²) in [5.41, 5.74) is 1.16. The smallest absolute Gasteiger partial charge is 0.193 e. The molecule has 0 aliphatic carbocycles. The number of nitrogens with one attached hydrogen (secondary N) is 1. The second-order valence-electron chi connectivity index (χ2n) is 6.62. The molecule has 0 amide bonds. The maximum Gasteiger partial charge on any atom is 0.193 e. The van der Waals surface area contributed by atoms with E-state index in [1.54, 1.807) is 0 Å². The van der Waals surface area contributed by atoms with E-state index in [4.69, 9.17) is 14.5 Å². The first-order valence-corrected chi connectivity index (χ1v) is 9.46. The molecule has 1 aromatic rings. The van der Waals surface area contributed by atoms with Gasteiger partial charge in [0, 0.05) is 33.4 Å². The van der Waals surface area contributed by atoms with Crippen molar-refractivity contribution < 1.29 is 9.47 Å². The molecule has 0 atom stereocenters. The Morgan fingerprint density at radius 1 is 1.31 bits per heavy atom. The molecule has 1 aromatic carbocycles. The minimum Gasteiger partial charge on any atom is -0.491 e. The fourth-order valence-electron chi connectivity index (χ4n) is 3.01. The first kappa shape index (κ1) is 23.0. The minimum atomic E-state index is 0. The Bertz CT molecular complexity index is 534. The van der Waals surface area contributed by atoms with Crippen LogP contribution in [0.2, 0.25) is 0 Å². The molecule has 1 heterocycles. The Balaban J connectivity index is 0.00000338. The van der Waals surface area contributed by atoms with Crippen LogP contribution < -0.4 is 10.1 Å². The predicted molar refractivity (Wildman–Crippen MR) is 119 cm³/mol. The van der Waals surface area contributed by atoms with E-state index in [0.717, 1.165) is 49.5 Å². The van der Waals surface area contributed by atoms with Crippen LogP contribution in [0.5, 0.6) is 5.75 Å². The van der Waals surface area contributed by atoms with Gasteiger partial charge in [0.2, 0.25) is 0 Å². The van der Waals surface area contributed by atoms with E-state index >= 15 is 0 Å². The average molecular weight is 475 g/mol. The third-order valence-electron chi connectivity index (χ3n) is 4.61. The van der Waals surface area contributed by atoms with Gasteiger partial charge in [-0.25, -0.2) is 4.99 Å². The molecule has 1 aliphatic heterocycles. The van der Waals surface area contributed by atoms with Gasteiger partial charge in [-0.1, -0.05) is 18.2 Å². The van der Waals surface area contributed by atoms with Crippen LogP contribution in [0.25, 0.3) is 0 Å². The Kier molecular flexibility index (Phi) is 11.7. The van der Waals surface area contributed by atoms with Crippen molar-refractivity contribution in [1.29, 1.82) is 0 Å². The van der Waals surface area contributed by atoms with E-state index in [-0.39, 0.29) is 24.0 Å². The normalized spacial score (nSPS) is 15.3. The molecule has 0 unspecified atom stereocenters. The van der Waals surface area contributed by atoms with Crippen molar-refractivity contribution in [2.75, 3.05) is 46.5 Å². The molecular formula is C20H34IN3O2. The highest BCUT2D eigenvalue weighted by molar-refractivity contribution is 14.0. The number of guanidine groups is 1. The number of nitrogens with zero attached hydrogens (tertiary/aromatic N) is 2. The van der Waals surface area contributed by atoms with Gasteiger partial charge in [-0.05, 0) is 50.7 Å². The van der Waals surface area contributed by atoms with Crippen LogP contribution in [-0.2, 0) is 4.74 Å². The van der Waals surface area contributed by atoms with E-state index in [9.17, 15) is 0 Å². The zero-order valence-electron chi connectivity index (χ0n) is 16.4. The fourth-order valence-corrected chi connectivity index (χ4v) is 3.01. The van der Waals surface area contributed by atoms with E-state index in [1.165, 1.54) is 19.3 Å². The Labute approximate surface area is 175 Å². The fraction of sp³-hybridized carbons (Fsp3) is 0.650. The van der Waals surface area contributed by atoms with Gasteiger partial charge in [0.1, 0.15) is 12.4 Å². The summed E-state index contributed by atoms with van der Waals surface area (Å²) in [5, 5.41) is 3.38. The van der Waals surface area contributed by atoms with Gasteiger partial charge in [0.15, 0.2) is 5.96 Å². The minimum absolute atomic E-state index is 0. The zero-order chi connectivity index (χ0) is 17.9. The second kappa shape index (κ2) is 13.2. The first-order valence-electron chi connectivity index (χ1n) is 9.46. The highest BCUT2D eigenvalue weighted by atomic mass is 127. The molecule has 1 N–H and O–H groups in total. The first-order chi connectivity index (χ1) is 12.2. The third-order valence-corrected chi connectivity index (χ3v) is 4.61. The van der Waals surface area contributed by atoms with Crippen molar-refractivity contribution in [3.8, 4) is 5.75 Å². The number of halogens is 1. The van der Waals surface area contributed by atoms with Crippen LogP contribution in [0.1, 0.15) is 31.7 Å². The van der Waals surface area contributed by atoms with Gasteiger partial charge in [-0.2, -0.15) is 0 Å². The number of para-hydroxylation sites is 1. The molecule has 0 aromatic heterocycles. The zero-order valence-corrected chi connectivity index (χ0v) is 18.7. The molecule has 5 nitrogen and oxygen atoms in total. The second-order valence-corrected chi connectivity index (χ2v) is 6.62. The van der Waals surface area contributed by atoms with Gasteiger partial charge in [0.05, 0.1) is 6.54 Å². The predicted octanol–water partition coefficient (Wildman–Crippen LogP) is 3.71. The van der Waals surface area contributed by atoms with E-state index in [2.05, 4.69) is 37.2 Å². The molecule has 1 aliphatic rings. The summed E-state index contributed by atoms with van der Waals surface area (Å²) < 4.78 is 11.3. The van der Waals surface area contributed by atoms with E-state index < -0.39 is 0 Å². The average Bonchev–Trinajstić information content (AvgIpc) is 2.64. The van der Waals surface area contributed by atoms with Crippen LogP contribution in [0, 0.1) is 12.8 Å². The monoisotopic (exact) mass is 475 g/mol. The molecular weight excluding hydrogens is 441 g/mol. The molecule has 6 heteroatoms. The molecule has 1 fully saturated rings. The number of aryl methyl sites for hydroxylation is 1. The van der Waals surface area contributed by atoms with E-state index in [1.807, 2.05) is 18.2 Å². The molecule has 26 heavy (non-hydrogen) atoms. The van der Waals surface area contributed by atoms with Crippen LogP contribution in [0.15, 0.2) is 29.3 Å². The van der Waals surface area contributed by atoms with Crippen molar-refractivity contribution in [2.45, 2.75) is 33.1 Å². The van der Waals surface area contributed by atoms with Crippen molar-refractivity contribution in [3.05, 3.63) is 29.8 Å². The lowest BCUT2D eigenvalue weighted by atomic mass is 9.96. The lowest BCUT2D eigenvalue weighted by Crippen LogP contribution is -2.40. The van der Waals surface area contributed by atoms with Crippen LogP contribution >= 0.6 is 24.0 Å². The van der Waals surface area contributed by atoms with Crippen molar-refractivity contribution in [2.24, 2.45) is 10.9 Å². The summed E-state index contributed by atoms with van der Waals surface area (Å²) in [5.74, 6) is 2.68. The van der Waals surface area contributed by atoms with Crippen molar-refractivity contribution >= 4 is 29.9 Å². The lowest BCUT2D eigenvalue weighted by molar-refractivity contribution is 0.0625. The van der Waals surface area contributed by atoms with Crippen LogP contribution in [0.4, 0.5) is 0 Å². The lowest BCUT2D eigenvalue weighted by Gasteiger charge is -2.26. The molecule has 0 spiro atoms. The molecule has 0 saturated carbocycles. The van der Waals surface area contributed by atoms with Gasteiger partial charge in [-0.3, -0.25) is 0 Å². The Morgan fingerprint density at radius 2 is 2.04 bits per heavy atom. The Morgan fingerprint density at radius 3 is 2.73 bits per heavy atom. The van der Waals surface area contributed by atoms with Crippen LogP contribution in [-0.4, -0.2) is 57.4 Å². The molecule has 0 bridgehead atoms. The largest absolute Gasteiger partial charge is 0.491 e. The van der Waals surface area contributed by atoms with Crippen molar-refractivity contribution in [1.82, 2.24) is 10.2 Å². The maximum atomic E-state index is 5.83. The number of benzene rings is 1. The summed E-state index contributed by atoms with van der Waals surface area (Å²) >= 11 is 0. The number of aliphatic imine (C=N–C) groups is 1. The van der Waals surface area contributed by atoms with Gasteiger partial charge in [0.25, 0.3) is 0 Å². The SMILES string of the molecule is CCNC(=NCCOc1ccccc1C)N(C)CCC1CCOCC1.I. The third kappa shape index (κ3) is 8.12. The quantitative estimate of drug-likeness (QED) is 0.270. The highest BCUT2D eigenvalue weighted by Crippen LogP contribution is 2.18. The van der Waals surface area contributed by atoms with Gasteiger partial charge in [-0.15, -0.1) is 24.0 Å². The number of ether oxygens (including phenoxy) is 2. The number of hydrogen-bond donors (Lipinski definition) is 1. The highest BCUT2D eigenvalue weighted by Gasteiger charge is 2.15. The Hall–Kier alpha value is -1.02. The van der Waals surface area contributed by atoms with E-state index in [0.29, 0.717) is 13.2 Å². The molecule has 148 valence electrons.